The van der Waals surface area contributed by atoms with Gasteiger partial charge in [0.2, 0.25) is 0 Å². The maximum Gasteiger partial charge on any atom is 0.0205 e. The van der Waals surface area contributed by atoms with Crippen molar-refractivity contribution in [2.75, 3.05) is 0 Å². The zero-order valence-electron chi connectivity index (χ0n) is 6.13. The highest BCUT2D eigenvalue weighted by molar-refractivity contribution is 14.2. The van der Waals surface area contributed by atoms with Gasteiger partial charge in [0.25, 0.3) is 0 Å². The third-order valence-corrected chi connectivity index (χ3v) is 3.90. The molecule has 0 nitrogen and oxygen atoms in total. The molecule has 1 heterocycles. The molecule has 11 heavy (non-hydrogen) atoms. The zero-order valence-corrected chi connectivity index (χ0v) is 8.28. The van der Waals surface area contributed by atoms with E-state index < -0.39 is 0 Å². The van der Waals surface area contributed by atoms with Gasteiger partial charge in [0.05, 0.1) is 0 Å². The summed E-state index contributed by atoms with van der Waals surface area (Å²) in [6.45, 7) is 0. The summed E-state index contributed by atoms with van der Waals surface area (Å²) in [6, 6.07) is 8.65. The fourth-order valence-corrected chi connectivity index (χ4v) is 3.06. The van der Waals surface area contributed by atoms with Crippen molar-refractivity contribution < 1.29 is 0 Å². The van der Waals surface area contributed by atoms with Gasteiger partial charge in [-0.1, -0.05) is 36.4 Å². The number of alkyl halides is 1. The molecule has 0 fully saturated rings. The van der Waals surface area contributed by atoms with Crippen LogP contribution in [0.4, 0.5) is 0 Å². The molecule has 0 atom stereocenters. The van der Waals surface area contributed by atoms with E-state index in [9.17, 15) is 0 Å². The Kier molecular flexibility index (Phi) is 2.17. The van der Waals surface area contributed by atoms with Gasteiger partial charge in [0.1, 0.15) is 0 Å². The zero-order chi connectivity index (χ0) is 7.52. The summed E-state index contributed by atoms with van der Waals surface area (Å²) < 4.78 is 3.63. The lowest BCUT2D eigenvalue weighted by Crippen LogP contribution is -1.80. The predicted octanol–water partition coefficient (Wildman–Crippen LogP) is 2.99. The molecule has 1 aliphatic rings. The van der Waals surface area contributed by atoms with Crippen LogP contribution in [0.25, 0.3) is 6.08 Å². The lowest BCUT2D eigenvalue weighted by atomic mass is 10.1. The van der Waals surface area contributed by atoms with Crippen molar-refractivity contribution >= 4 is 30.8 Å². The number of allylic oxidation sites excluding steroid dienone is 1. The monoisotopic (exact) mass is 256 g/mol. The predicted molar refractivity (Wildman–Crippen MR) is 59.3 cm³/mol. The standard InChI is InChI=1S/C10H9I/c1-2-5-10-8-11-7-3-6-9(10)4-1/h1-7H,8H2. The van der Waals surface area contributed by atoms with Crippen molar-refractivity contribution in [3.8, 4) is 0 Å². The molecule has 1 aromatic rings. The van der Waals surface area contributed by atoms with Gasteiger partial charge in [0, 0.05) is 4.43 Å². The Morgan fingerprint density at radius 1 is 1.18 bits per heavy atom. The number of hydrogen-bond acceptors (Lipinski definition) is 0. The molecule has 1 aliphatic heterocycles. The smallest absolute Gasteiger partial charge is 0.0205 e. The normalized spacial score (nSPS) is 14.9. The Balaban J connectivity index is 2.52. The van der Waals surface area contributed by atoms with E-state index in [1.165, 1.54) is 15.6 Å². The first-order valence-corrected chi connectivity index (χ1v) is 6.39. The Morgan fingerprint density at radius 2 is 2.09 bits per heavy atom. The van der Waals surface area contributed by atoms with Gasteiger partial charge >= 0.3 is 0 Å². The van der Waals surface area contributed by atoms with Crippen LogP contribution in [0.2, 0.25) is 0 Å². The van der Waals surface area contributed by atoms with Crippen LogP contribution in [-0.2, 0) is 4.43 Å². The SMILES string of the molecule is C1=Cc2ccccc2CI=C1. The molecule has 1 heteroatoms. The van der Waals surface area contributed by atoms with Crippen LogP contribution in [0.1, 0.15) is 11.1 Å². The van der Waals surface area contributed by atoms with Gasteiger partial charge in [-0.05, 0) is 15.1 Å². The molecule has 0 aromatic heterocycles. The quantitative estimate of drug-likeness (QED) is 0.494. The summed E-state index contributed by atoms with van der Waals surface area (Å²) in [5, 5.41) is 0. The average Bonchev–Trinajstić information content (AvgIpc) is 2.28. The molecule has 0 saturated carbocycles. The van der Waals surface area contributed by atoms with Crippen LogP contribution in [0, 0.1) is 0 Å². The summed E-state index contributed by atoms with van der Waals surface area (Å²) in [6.07, 6.45) is 4.40. The van der Waals surface area contributed by atoms with Crippen molar-refractivity contribution in [2.24, 2.45) is 0 Å². The van der Waals surface area contributed by atoms with E-state index in [1.54, 1.807) is 0 Å². The molecular formula is C10H9I. The second kappa shape index (κ2) is 3.30. The average molecular weight is 256 g/mol. The molecule has 0 N–H and O–H groups in total. The molecule has 56 valence electrons. The Morgan fingerprint density at radius 3 is 3.09 bits per heavy atom. The van der Waals surface area contributed by atoms with Gasteiger partial charge in [-0.3, -0.25) is 0 Å². The first-order valence-electron chi connectivity index (χ1n) is 3.62. The molecule has 0 saturated heterocycles. The van der Waals surface area contributed by atoms with E-state index in [1.807, 2.05) is 0 Å². The summed E-state index contributed by atoms with van der Waals surface area (Å²) >= 11 is 0.286. The highest BCUT2D eigenvalue weighted by Gasteiger charge is 1.97. The molecule has 0 radical (unpaired) electrons. The number of rotatable bonds is 0. The van der Waals surface area contributed by atoms with Crippen LogP contribution >= 0.6 is 20.7 Å². The lowest BCUT2D eigenvalue weighted by Gasteiger charge is -1.98. The second-order valence-electron chi connectivity index (χ2n) is 2.47. The highest BCUT2D eigenvalue weighted by atomic mass is 127. The lowest BCUT2D eigenvalue weighted by molar-refractivity contribution is 1.43. The number of halogens is 1. The van der Waals surface area contributed by atoms with Gasteiger partial charge in [0.15, 0.2) is 0 Å². The van der Waals surface area contributed by atoms with Crippen molar-refractivity contribution in [1.29, 1.82) is 0 Å². The Labute approximate surface area is 76.7 Å². The number of benzene rings is 1. The van der Waals surface area contributed by atoms with Gasteiger partial charge in [-0.15, -0.1) is 20.7 Å². The maximum absolute atomic E-state index is 2.33. The topological polar surface area (TPSA) is 0 Å². The third-order valence-electron chi connectivity index (χ3n) is 1.71. The summed E-state index contributed by atoms with van der Waals surface area (Å²) in [7, 11) is 0. The first-order chi connectivity index (χ1) is 5.47. The van der Waals surface area contributed by atoms with Crippen LogP contribution in [0.3, 0.4) is 0 Å². The minimum atomic E-state index is 0.286. The summed E-state index contributed by atoms with van der Waals surface area (Å²) in [4.78, 5) is 0. The summed E-state index contributed by atoms with van der Waals surface area (Å²) in [5.41, 5.74) is 2.92. The van der Waals surface area contributed by atoms with Gasteiger partial charge in [-0.2, -0.15) is 0 Å². The van der Waals surface area contributed by atoms with Crippen LogP contribution in [0.15, 0.2) is 30.3 Å². The Bertz CT molecular complexity index is 310. The summed E-state index contributed by atoms with van der Waals surface area (Å²) in [5.74, 6) is 0. The molecule has 0 unspecified atom stereocenters. The Hall–Kier alpha value is -0.440. The van der Waals surface area contributed by atoms with Crippen molar-refractivity contribution in [2.45, 2.75) is 4.43 Å². The number of fused-ring (bicyclic) bond motifs is 1. The second-order valence-corrected chi connectivity index (χ2v) is 4.83. The van der Waals surface area contributed by atoms with Gasteiger partial charge in [-0.25, -0.2) is 0 Å². The largest absolute Gasteiger partial charge is 0.118 e. The highest BCUT2D eigenvalue weighted by Crippen LogP contribution is 2.19. The molecule has 1 aromatic carbocycles. The first kappa shape index (κ1) is 7.22. The fourth-order valence-electron chi connectivity index (χ4n) is 1.14. The van der Waals surface area contributed by atoms with Crippen molar-refractivity contribution in [1.82, 2.24) is 0 Å². The molecule has 0 spiro atoms. The molecule has 0 aliphatic carbocycles. The van der Waals surface area contributed by atoms with E-state index in [-0.39, 0.29) is 20.7 Å². The minimum Gasteiger partial charge on any atom is -0.118 e. The van der Waals surface area contributed by atoms with Gasteiger partial charge < -0.3 is 0 Å². The van der Waals surface area contributed by atoms with Crippen LogP contribution in [0.5, 0.6) is 0 Å². The van der Waals surface area contributed by atoms with Crippen molar-refractivity contribution in [3.63, 3.8) is 0 Å². The minimum absolute atomic E-state index is 0.286. The van der Waals surface area contributed by atoms with E-state index in [4.69, 9.17) is 0 Å². The van der Waals surface area contributed by atoms with E-state index >= 15 is 0 Å². The maximum atomic E-state index is 2.33. The van der Waals surface area contributed by atoms with Crippen LogP contribution < -0.4 is 0 Å². The van der Waals surface area contributed by atoms with E-state index in [0.717, 1.165) is 0 Å². The molecule has 2 rings (SSSR count). The molecular weight excluding hydrogens is 247 g/mol. The third kappa shape index (κ3) is 1.59. The van der Waals surface area contributed by atoms with E-state index in [2.05, 4.69) is 40.4 Å². The molecule has 0 bridgehead atoms. The molecule has 0 amide bonds. The van der Waals surface area contributed by atoms with Crippen molar-refractivity contribution in [3.05, 3.63) is 41.5 Å². The van der Waals surface area contributed by atoms with Crippen LogP contribution in [-0.4, -0.2) is 4.01 Å². The number of hydrogen-bond donors (Lipinski definition) is 0. The fraction of sp³-hybridized carbons (Fsp3) is 0.100. The van der Waals surface area contributed by atoms with E-state index in [0.29, 0.717) is 0 Å².